The van der Waals surface area contributed by atoms with Crippen LogP contribution in [0, 0.1) is 6.92 Å². The number of fused-ring (bicyclic) bond motifs is 1. The van der Waals surface area contributed by atoms with Gasteiger partial charge in [0.2, 0.25) is 0 Å². The molecule has 1 amide bonds. The van der Waals surface area contributed by atoms with E-state index in [0.29, 0.717) is 17.3 Å². The van der Waals surface area contributed by atoms with Crippen LogP contribution in [-0.2, 0) is 0 Å². The van der Waals surface area contributed by atoms with E-state index in [1.54, 1.807) is 10.8 Å². The number of allylic oxidation sites excluding steroid dienone is 2. The number of hydrogen-bond acceptors (Lipinski definition) is 3. The maximum absolute atomic E-state index is 12.6. The van der Waals surface area contributed by atoms with Gasteiger partial charge in [-0.05, 0) is 68.4 Å². The molecule has 0 spiro atoms. The summed E-state index contributed by atoms with van der Waals surface area (Å²) in [5.74, 6) is -0.0345. The third kappa shape index (κ3) is 3.39. The van der Waals surface area contributed by atoms with Crippen molar-refractivity contribution in [3.8, 4) is 11.1 Å². The minimum atomic E-state index is -0.112. The van der Waals surface area contributed by atoms with Gasteiger partial charge in [0.1, 0.15) is 0 Å². The Kier molecular flexibility index (Phi) is 4.34. The highest BCUT2D eigenvalue weighted by Gasteiger charge is 2.24. The number of carbonyl (C=O) groups is 1. The number of rotatable bonds is 4. The van der Waals surface area contributed by atoms with Gasteiger partial charge in [-0.2, -0.15) is 0 Å². The number of hydrogen-bond donors (Lipinski definition) is 2. The van der Waals surface area contributed by atoms with E-state index in [2.05, 4.69) is 27.4 Å². The molecule has 148 valence electrons. The number of aromatic nitrogens is 3. The smallest absolute Gasteiger partial charge is 0.327 e. The highest BCUT2D eigenvalue weighted by atomic mass is 16.2. The van der Waals surface area contributed by atoms with Crippen LogP contribution in [0.2, 0.25) is 0 Å². The van der Waals surface area contributed by atoms with Crippen molar-refractivity contribution in [2.24, 2.45) is 0 Å². The molecule has 6 heteroatoms. The molecule has 1 atom stereocenters. The number of benzene rings is 1. The second kappa shape index (κ2) is 7.03. The first kappa shape index (κ1) is 17.9. The fraction of sp³-hybridized carbons (Fsp3) is 0.348. The first-order valence-corrected chi connectivity index (χ1v) is 10.3. The molecule has 0 bridgehead atoms. The van der Waals surface area contributed by atoms with Crippen LogP contribution in [0.25, 0.3) is 22.3 Å². The fourth-order valence-corrected chi connectivity index (χ4v) is 4.08. The molecule has 0 saturated heterocycles. The number of imidazole rings is 1. The summed E-state index contributed by atoms with van der Waals surface area (Å²) in [7, 11) is 0. The van der Waals surface area contributed by atoms with Crippen LogP contribution >= 0.6 is 0 Å². The number of amides is 1. The van der Waals surface area contributed by atoms with Gasteiger partial charge in [0.15, 0.2) is 5.65 Å². The van der Waals surface area contributed by atoms with E-state index in [4.69, 9.17) is 0 Å². The van der Waals surface area contributed by atoms with Gasteiger partial charge in [0.25, 0.3) is 5.91 Å². The maximum Gasteiger partial charge on any atom is 0.327 e. The van der Waals surface area contributed by atoms with E-state index in [1.807, 2.05) is 31.2 Å². The lowest BCUT2D eigenvalue weighted by atomic mass is 9.98. The summed E-state index contributed by atoms with van der Waals surface area (Å²) in [5, 5.41) is 3.03. The Morgan fingerprint density at radius 3 is 2.83 bits per heavy atom. The Balaban J connectivity index is 1.53. The van der Waals surface area contributed by atoms with E-state index < -0.39 is 0 Å². The minimum absolute atomic E-state index is 0.0345. The molecule has 2 aliphatic carbocycles. The molecule has 6 nitrogen and oxygen atoms in total. The molecule has 2 aromatic heterocycles. The molecule has 5 rings (SSSR count). The first-order chi connectivity index (χ1) is 14.1. The Bertz CT molecular complexity index is 1180. The monoisotopic (exact) mass is 388 g/mol. The zero-order chi connectivity index (χ0) is 20.0. The fourth-order valence-electron chi connectivity index (χ4n) is 4.08. The van der Waals surface area contributed by atoms with Crippen LogP contribution in [0.5, 0.6) is 0 Å². The molecule has 2 heterocycles. The molecule has 2 N–H and O–H groups in total. The van der Waals surface area contributed by atoms with Crippen LogP contribution in [0.4, 0.5) is 0 Å². The van der Waals surface area contributed by atoms with Gasteiger partial charge in [0, 0.05) is 29.4 Å². The summed E-state index contributed by atoms with van der Waals surface area (Å²) in [5.41, 5.74) is 4.88. The molecule has 1 saturated carbocycles. The molecule has 0 aliphatic heterocycles. The van der Waals surface area contributed by atoms with Gasteiger partial charge in [-0.15, -0.1) is 0 Å². The lowest BCUT2D eigenvalue weighted by Crippen LogP contribution is -2.25. The van der Waals surface area contributed by atoms with E-state index in [-0.39, 0.29) is 17.6 Å². The first-order valence-electron chi connectivity index (χ1n) is 10.3. The Morgan fingerprint density at radius 1 is 1.21 bits per heavy atom. The number of aromatic amines is 1. The average Bonchev–Trinajstić information content (AvgIpc) is 3.48. The normalized spacial score (nSPS) is 18.9. The number of pyridine rings is 1. The van der Waals surface area contributed by atoms with Crippen molar-refractivity contribution in [1.29, 1.82) is 0 Å². The van der Waals surface area contributed by atoms with Crippen LogP contribution in [-0.4, -0.2) is 26.5 Å². The summed E-state index contributed by atoms with van der Waals surface area (Å²) < 4.78 is 1.79. The lowest BCUT2D eigenvalue weighted by Gasteiger charge is -2.18. The molecular formula is C23H24N4O2. The molecule has 3 aromatic rings. The minimum Gasteiger partial charge on any atom is -0.349 e. The summed E-state index contributed by atoms with van der Waals surface area (Å²) in [6.45, 7) is 2.02. The second-order valence-corrected chi connectivity index (χ2v) is 8.11. The summed E-state index contributed by atoms with van der Waals surface area (Å²) in [4.78, 5) is 32.6. The van der Waals surface area contributed by atoms with E-state index in [1.165, 1.54) is 0 Å². The molecule has 0 radical (unpaired) electrons. The van der Waals surface area contributed by atoms with Crippen molar-refractivity contribution in [1.82, 2.24) is 19.9 Å². The third-order valence-electron chi connectivity index (χ3n) is 5.89. The van der Waals surface area contributed by atoms with E-state index in [0.717, 1.165) is 54.3 Å². The molecular weight excluding hydrogens is 364 g/mol. The molecule has 2 aliphatic rings. The van der Waals surface area contributed by atoms with Gasteiger partial charge in [-0.1, -0.05) is 18.2 Å². The Hall–Kier alpha value is -3.15. The SMILES string of the molecule is Cc1ccc(C(=O)NC2CC2)cc1-c1cnc2c(c1)[nH]c(=O)n2C1CC=CCC1. The zero-order valence-corrected chi connectivity index (χ0v) is 16.4. The van der Waals surface area contributed by atoms with Crippen LogP contribution in [0.3, 0.4) is 0 Å². The predicted molar refractivity (Wildman–Crippen MR) is 113 cm³/mol. The maximum atomic E-state index is 12.6. The van der Waals surface area contributed by atoms with E-state index in [9.17, 15) is 9.59 Å². The lowest BCUT2D eigenvalue weighted by molar-refractivity contribution is 0.0951. The van der Waals surface area contributed by atoms with Crippen molar-refractivity contribution >= 4 is 17.1 Å². The summed E-state index contributed by atoms with van der Waals surface area (Å²) in [6.07, 6.45) is 11.0. The van der Waals surface area contributed by atoms with Gasteiger partial charge in [-0.25, -0.2) is 9.78 Å². The zero-order valence-electron chi connectivity index (χ0n) is 16.4. The quantitative estimate of drug-likeness (QED) is 0.666. The second-order valence-electron chi connectivity index (χ2n) is 8.11. The number of aryl methyl sites for hydroxylation is 1. The summed E-state index contributed by atoms with van der Waals surface area (Å²) in [6, 6.07) is 8.17. The molecule has 29 heavy (non-hydrogen) atoms. The third-order valence-corrected chi connectivity index (χ3v) is 5.89. The Labute approximate surface area is 168 Å². The highest BCUT2D eigenvalue weighted by Crippen LogP contribution is 2.29. The standard InChI is InChI=1S/C23H24N4O2/c1-14-7-8-15(22(28)25-17-9-10-17)11-19(14)16-12-20-21(24-13-16)27(23(29)26-20)18-5-3-2-4-6-18/h2-3,7-8,11-13,17-18H,4-6,9-10H2,1H3,(H,25,28)(H,26,29). The molecule has 1 unspecified atom stereocenters. The van der Waals surface area contributed by atoms with Gasteiger partial charge in [0.05, 0.1) is 5.52 Å². The van der Waals surface area contributed by atoms with Gasteiger partial charge in [-0.3, -0.25) is 9.36 Å². The average molecular weight is 388 g/mol. The highest BCUT2D eigenvalue weighted by molar-refractivity contribution is 5.96. The number of H-pyrrole nitrogens is 1. The number of nitrogens with one attached hydrogen (secondary N) is 2. The molecule has 1 aromatic carbocycles. The van der Waals surface area contributed by atoms with E-state index >= 15 is 0 Å². The van der Waals surface area contributed by atoms with Crippen LogP contribution in [0.15, 0.2) is 47.4 Å². The summed E-state index contributed by atoms with van der Waals surface area (Å²) >= 11 is 0. The largest absolute Gasteiger partial charge is 0.349 e. The van der Waals surface area contributed by atoms with Crippen molar-refractivity contribution < 1.29 is 4.79 Å². The Morgan fingerprint density at radius 2 is 2.07 bits per heavy atom. The predicted octanol–water partition coefficient (Wildman–Crippen LogP) is 3.87. The van der Waals surface area contributed by atoms with Crippen molar-refractivity contribution in [3.05, 3.63) is 64.2 Å². The van der Waals surface area contributed by atoms with Gasteiger partial charge >= 0.3 is 5.69 Å². The van der Waals surface area contributed by atoms with Crippen molar-refractivity contribution in [2.45, 2.75) is 51.1 Å². The van der Waals surface area contributed by atoms with Crippen LogP contribution < -0.4 is 11.0 Å². The van der Waals surface area contributed by atoms with Gasteiger partial charge < -0.3 is 10.3 Å². The molecule has 1 fully saturated rings. The van der Waals surface area contributed by atoms with Crippen LogP contribution in [0.1, 0.15) is 54.1 Å². The number of nitrogens with zero attached hydrogens (tertiary/aromatic N) is 2. The van der Waals surface area contributed by atoms with Crippen molar-refractivity contribution in [2.75, 3.05) is 0 Å². The number of carbonyl (C=O) groups excluding carboxylic acids is 1. The topological polar surface area (TPSA) is 79.8 Å². The van der Waals surface area contributed by atoms with Crippen molar-refractivity contribution in [3.63, 3.8) is 0 Å².